The summed E-state index contributed by atoms with van der Waals surface area (Å²) in [6.07, 6.45) is 5.09. The van der Waals surface area contributed by atoms with Crippen LogP contribution in [0.1, 0.15) is 15.9 Å². The Bertz CT molecular complexity index is 932. The van der Waals surface area contributed by atoms with Crippen LogP contribution in [0.15, 0.2) is 42.9 Å². The van der Waals surface area contributed by atoms with Crippen molar-refractivity contribution in [2.75, 3.05) is 38.7 Å². The van der Waals surface area contributed by atoms with Crippen LogP contribution in [0.25, 0.3) is 5.52 Å². The third kappa shape index (κ3) is 3.76. The third-order valence-electron chi connectivity index (χ3n) is 4.54. The average molecular weight is 367 g/mol. The summed E-state index contributed by atoms with van der Waals surface area (Å²) in [6, 6.07) is 7.41. The predicted octanol–water partition coefficient (Wildman–Crippen LogP) is 1.82. The number of rotatable bonds is 5. The van der Waals surface area contributed by atoms with Gasteiger partial charge in [0.25, 0.3) is 5.91 Å². The Hall–Kier alpha value is -2.97. The molecular weight excluding hydrogens is 346 g/mol. The van der Waals surface area contributed by atoms with Crippen LogP contribution in [0, 0.1) is 0 Å². The minimum atomic E-state index is -0.275. The fourth-order valence-electron chi connectivity index (χ4n) is 3.14. The third-order valence-corrected chi connectivity index (χ3v) is 4.54. The first-order chi connectivity index (χ1) is 13.2. The summed E-state index contributed by atoms with van der Waals surface area (Å²) in [5, 5.41) is 7.03. The Balaban J connectivity index is 1.47. The number of morpholine rings is 1. The Labute approximate surface area is 156 Å². The van der Waals surface area contributed by atoms with Gasteiger partial charge in [-0.25, -0.2) is 9.50 Å². The molecule has 0 aliphatic carbocycles. The Kier molecular flexibility index (Phi) is 4.99. The molecule has 0 atom stereocenters. The topological polar surface area (TPSA) is 81.0 Å². The number of carbonyl (C=O) groups excluding carboxylic acids is 1. The second kappa shape index (κ2) is 7.73. The van der Waals surface area contributed by atoms with Crippen LogP contribution in [-0.2, 0) is 11.3 Å². The maximum Gasteiger partial charge on any atom is 0.260 e. The van der Waals surface area contributed by atoms with E-state index in [1.54, 1.807) is 30.1 Å². The van der Waals surface area contributed by atoms with Gasteiger partial charge in [0.05, 0.1) is 32.1 Å². The van der Waals surface area contributed by atoms with Gasteiger partial charge in [-0.3, -0.25) is 9.69 Å². The van der Waals surface area contributed by atoms with Crippen LogP contribution in [0.4, 0.5) is 5.82 Å². The van der Waals surface area contributed by atoms with E-state index in [4.69, 9.17) is 9.47 Å². The zero-order valence-corrected chi connectivity index (χ0v) is 15.1. The van der Waals surface area contributed by atoms with E-state index < -0.39 is 0 Å². The highest BCUT2D eigenvalue weighted by Crippen LogP contribution is 2.23. The lowest BCUT2D eigenvalue weighted by molar-refractivity contribution is 0.0341. The van der Waals surface area contributed by atoms with Gasteiger partial charge < -0.3 is 14.8 Å². The van der Waals surface area contributed by atoms with Gasteiger partial charge in [0, 0.05) is 32.0 Å². The number of ether oxygens (including phenoxy) is 2. The lowest BCUT2D eigenvalue weighted by Gasteiger charge is -2.26. The van der Waals surface area contributed by atoms with Crippen LogP contribution in [0.5, 0.6) is 5.75 Å². The van der Waals surface area contributed by atoms with E-state index in [0.717, 1.165) is 38.4 Å². The molecule has 0 unspecified atom stereocenters. The van der Waals surface area contributed by atoms with Crippen molar-refractivity contribution in [1.82, 2.24) is 19.5 Å². The van der Waals surface area contributed by atoms with Crippen molar-refractivity contribution >= 4 is 17.2 Å². The van der Waals surface area contributed by atoms with Gasteiger partial charge in [0.1, 0.15) is 17.1 Å². The zero-order valence-electron chi connectivity index (χ0n) is 15.1. The molecule has 1 N–H and O–H groups in total. The normalized spacial score (nSPS) is 15.0. The summed E-state index contributed by atoms with van der Waals surface area (Å²) in [4.78, 5) is 19.4. The molecule has 0 aromatic carbocycles. The highest BCUT2D eigenvalue weighted by Gasteiger charge is 2.17. The number of amides is 1. The monoisotopic (exact) mass is 367 g/mol. The fourth-order valence-corrected chi connectivity index (χ4v) is 3.14. The summed E-state index contributed by atoms with van der Waals surface area (Å²) >= 11 is 0. The number of hydrogen-bond donors (Lipinski definition) is 1. The molecule has 0 saturated carbocycles. The number of nitrogens with zero attached hydrogens (tertiary/aromatic N) is 4. The molecule has 1 saturated heterocycles. The number of pyridine rings is 2. The van der Waals surface area contributed by atoms with E-state index in [1.165, 1.54) is 6.20 Å². The highest BCUT2D eigenvalue weighted by atomic mass is 16.5. The molecule has 140 valence electrons. The van der Waals surface area contributed by atoms with Gasteiger partial charge in [0.2, 0.25) is 0 Å². The van der Waals surface area contributed by atoms with Gasteiger partial charge in [-0.15, -0.1) is 0 Å². The molecule has 27 heavy (non-hydrogen) atoms. The van der Waals surface area contributed by atoms with Crippen LogP contribution >= 0.6 is 0 Å². The second-order valence-electron chi connectivity index (χ2n) is 6.32. The Morgan fingerprint density at radius 3 is 2.85 bits per heavy atom. The summed E-state index contributed by atoms with van der Waals surface area (Å²) < 4.78 is 12.3. The van der Waals surface area contributed by atoms with Gasteiger partial charge in [0.15, 0.2) is 0 Å². The first kappa shape index (κ1) is 17.4. The average Bonchev–Trinajstić information content (AvgIpc) is 3.15. The van der Waals surface area contributed by atoms with Gasteiger partial charge in [-0.1, -0.05) is 6.07 Å². The number of carbonyl (C=O) groups is 1. The minimum absolute atomic E-state index is 0.275. The molecule has 0 radical (unpaired) electrons. The quantitative estimate of drug-likeness (QED) is 0.741. The smallest absolute Gasteiger partial charge is 0.260 e. The SMILES string of the molecule is COc1cccn2ncc(C(=O)Nc3ccc(CN4CCOCC4)cn3)c12. The first-order valence-electron chi connectivity index (χ1n) is 8.81. The van der Waals surface area contributed by atoms with Crippen molar-refractivity contribution < 1.29 is 14.3 Å². The van der Waals surface area contributed by atoms with Crippen LogP contribution in [-0.4, -0.2) is 58.8 Å². The van der Waals surface area contributed by atoms with Gasteiger partial charge >= 0.3 is 0 Å². The molecule has 8 nitrogen and oxygen atoms in total. The maximum atomic E-state index is 12.7. The van der Waals surface area contributed by atoms with Crippen molar-refractivity contribution in [3.05, 3.63) is 54.0 Å². The summed E-state index contributed by atoms with van der Waals surface area (Å²) in [5.41, 5.74) is 2.17. The molecule has 8 heteroatoms. The molecule has 1 aliphatic heterocycles. The van der Waals surface area contributed by atoms with Crippen LogP contribution < -0.4 is 10.1 Å². The molecule has 0 spiro atoms. The van der Waals surface area contributed by atoms with Crippen molar-refractivity contribution in [2.24, 2.45) is 0 Å². The zero-order chi connectivity index (χ0) is 18.6. The molecular formula is C19H21N5O3. The first-order valence-corrected chi connectivity index (χ1v) is 8.81. The van der Waals surface area contributed by atoms with Crippen molar-refractivity contribution in [1.29, 1.82) is 0 Å². The molecule has 3 aromatic rings. The fraction of sp³-hybridized carbons (Fsp3) is 0.316. The number of methoxy groups -OCH3 is 1. The van der Waals surface area contributed by atoms with Crippen molar-refractivity contribution in [3.8, 4) is 5.75 Å². The Morgan fingerprint density at radius 2 is 2.11 bits per heavy atom. The lowest BCUT2D eigenvalue weighted by atomic mass is 10.2. The van der Waals surface area contributed by atoms with E-state index in [9.17, 15) is 4.79 Å². The molecule has 1 aliphatic rings. The van der Waals surface area contributed by atoms with E-state index in [-0.39, 0.29) is 5.91 Å². The van der Waals surface area contributed by atoms with E-state index in [1.807, 2.05) is 18.2 Å². The van der Waals surface area contributed by atoms with Crippen LogP contribution in [0.2, 0.25) is 0 Å². The summed E-state index contributed by atoms with van der Waals surface area (Å²) in [5.74, 6) is 0.817. The van der Waals surface area contributed by atoms with E-state index in [2.05, 4.69) is 20.3 Å². The second-order valence-corrected chi connectivity index (χ2v) is 6.32. The number of aromatic nitrogens is 3. The van der Waals surface area contributed by atoms with E-state index >= 15 is 0 Å². The number of nitrogens with one attached hydrogen (secondary N) is 1. The standard InChI is InChI=1S/C19H21N5O3/c1-26-16-3-2-6-24-18(16)15(12-21-24)19(25)22-17-5-4-14(11-20-17)13-23-7-9-27-10-8-23/h2-6,11-12H,7-10,13H2,1H3,(H,20,22,25). The summed E-state index contributed by atoms with van der Waals surface area (Å²) in [6.45, 7) is 4.22. The van der Waals surface area contributed by atoms with Gasteiger partial charge in [-0.05, 0) is 23.8 Å². The molecule has 3 aromatic heterocycles. The largest absolute Gasteiger partial charge is 0.494 e. The molecule has 0 bridgehead atoms. The highest BCUT2D eigenvalue weighted by molar-refractivity contribution is 6.09. The maximum absolute atomic E-state index is 12.7. The number of fused-ring (bicyclic) bond motifs is 1. The minimum Gasteiger partial charge on any atom is -0.494 e. The van der Waals surface area contributed by atoms with Crippen molar-refractivity contribution in [3.63, 3.8) is 0 Å². The Morgan fingerprint density at radius 1 is 1.26 bits per heavy atom. The molecule has 4 rings (SSSR count). The van der Waals surface area contributed by atoms with E-state index in [0.29, 0.717) is 22.6 Å². The lowest BCUT2D eigenvalue weighted by Crippen LogP contribution is -2.35. The summed E-state index contributed by atoms with van der Waals surface area (Å²) in [7, 11) is 1.57. The molecule has 1 fully saturated rings. The molecule has 1 amide bonds. The predicted molar refractivity (Wildman–Crippen MR) is 100 cm³/mol. The van der Waals surface area contributed by atoms with Crippen LogP contribution in [0.3, 0.4) is 0 Å². The van der Waals surface area contributed by atoms with Crippen molar-refractivity contribution in [2.45, 2.75) is 6.54 Å². The number of hydrogen-bond acceptors (Lipinski definition) is 6. The van der Waals surface area contributed by atoms with Gasteiger partial charge in [-0.2, -0.15) is 5.10 Å². The number of anilines is 1. The molecule has 4 heterocycles.